The summed E-state index contributed by atoms with van der Waals surface area (Å²) in [6.07, 6.45) is 1.97. The van der Waals surface area contributed by atoms with E-state index in [1.54, 1.807) is 12.1 Å². The number of hydrogen-bond donors (Lipinski definition) is 2. The summed E-state index contributed by atoms with van der Waals surface area (Å²) in [7, 11) is -3.42. The smallest absolute Gasteiger partial charge is 0.240 e. The van der Waals surface area contributed by atoms with Crippen molar-refractivity contribution in [2.45, 2.75) is 58.0 Å². The maximum atomic E-state index is 12.2. The van der Waals surface area contributed by atoms with Crippen LogP contribution in [0.5, 0.6) is 0 Å². The average molecular weight is 298 g/mol. The molecule has 1 aromatic carbocycles. The Kier molecular flexibility index (Phi) is 6.65. The molecule has 0 fully saturated rings. The van der Waals surface area contributed by atoms with Crippen LogP contribution in [0.15, 0.2) is 23.1 Å². The van der Waals surface area contributed by atoms with E-state index in [0.29, 0.717) is 11.4 Å². The summed E-state index contributed by atoms with van der Waals surface area (Å²) in [5, 5.41) is 3.33. The molecule has 0 aliphatic heterocycles. The zero-order valence-electron chi connectivity index (χ0n) is 12.9. The van der Waals surface area contributed by atoms with Gasteiger partial charge >= 0.3 is 0 Å². The lowest BCUT2D eigenvalue weighted by molar-refractivity contribution is 0.569. The summed E-state index contributed by atoms with van der Waals surface area (Å²) in [5.74, 6) is 0. The SMILES string of the molecule is CCCNCc1cc(S(=O)(=O)NC(C)C)ccc1CC. The van der Waals surface area contributed by atoms with Crippen molar-refractivity contribution < 1.29 is 8.42 Å². The van der Waals surface area contributed by atoms with Gasteiger partial charge in [-0.2, -0.15) is 0 Å². The second kappa shape index (κ2) is 7.76. The molecule has 114 valence electrons. The molecule has 1 aromatic rings. The minimum Gasteiger partial charge on any atom is -0.313 e. The molecule has 0 unspecified atom stereocenters. The molecule has 4 nitrogen and oxygen atoms in total. The molecule has 0 aliphatic rings. The predicted molar refractivity (Wildman–Crippen MR) is 83.3 cm³/mol. The van der Waals surface area contributed by atoms with Crippen LogP contribution in [-0.4, -0.2) is 21.0 Å². The molecular formula is C15H26N2O2S. The lowest BCUT2D eigenvalue weighted by Gasteiger charge is -2.14. The van der Waals surface area contributed by atoms with Crippen LogP contribution >= 0.6 is 0 Å². The fourth-order valence-corrected chi connectivity index (χ4v) is 3.36. The van der Waals surface area contributed by atoms with Gasteiger partial charge in [0.25, 0.3) is 0 Å². The average Bonchev–Trinajstić information content (AvgIpc) is 2.37. The molecule has 0 saturated carbocycles. The van der Waals surface area contributed by atoms with E-state index < -0.39 is 10.0 Å². The van der Waals surface area contributed by atoms with Crippen molar-refractivity contribution >= 4 is 10.0 Å². The molecule has 0 aromatic heterocycles. The highest BCUT2D eigenvalue weighted by Gasteiger charge is 2.16. The number of hydrogen-bond acceptors (Lipinski definition) is 3. The first-order valence-corrected chi connectivity index (χ1v) is 8.73. The minimum atomic E-state index is -3.42. The molecule has 5 heteroatoms. The van der Waals surface area contributed by atoms with Gasteiger partial charge in [0.1, 0.15) is 0 Å². The zero-order valence-corrected chi connectivity index (χ0v) is 13.7. The van der Waals surface area contributed by atoms with Crippen LogP contribution in [0.4, 0.5) is 0 Å². The van der Waals surface area contributed by atoms with Crippen molar-refractivity contribution in [2.75, 3.05) is 6.54 Å². The van der Waals surface area contributed by atoms with Crippen LogP contribution in [0, 0.1) is 0 Å². The van der Waals surface area contributed by atoms with Crippen LogP contribution in [0.2, 0.25) is 0 Å². The Hall–Kier alpha value is -0.910. The van der Waals surface area contributed by atoms with Gasteiger partial charge in [-0.15, -0.1) is 0 Å². The first kappa shape index (κ1) is 17.1. The summed E-state index contributed by atoms with van der Waals surface area (Å²) >= 11 is 0. The maximum Gasteiger partial charge on any atom is 0.240 e. The van der Waals surface area contributed by atoms with Crippen LogP contribution in [-0.2, 0) is 23.0 Å². The van der Waals surface area contributed by atoms with Crippen molar-refractivity contribution in [2.24, 2.45) is 0 Å². The van der Waals surface area contributed by atoms with Gasteiger partial charge in [0.05, 0.1) is 4.90 Å². The third-order valence-corrected chi connectivity index (χ3v) is 4.66. The Labute approximate surface area is 123 Å². The van der Waals surface area contributed by atoms with Crippen molar-refractivity contribution in [3.05, 3.63) is 29.3 Å². The molecule has 2 N–H and O–H groups in total. The highest BCUT2D eigenvalue weighted by Crippen LogP contribution is 2.17. The lowest BCUT2D eigenvalue weighted by atomic mass is 10.1. The number of nitrogens with one attached hydrogen (secondary N) is 2. The topological polar surface area (TPSA) is 58.2 Å². The lowest BCUT2D eigenvalue weighted by Crippen LogP contribution is -2.30. The second-order valence-electron chi connectivity index (χ2n) is 5.24. The molecular weight excluding hydrogens is 272 g/mol. The van der Waals surface area contributed by atoms with E-state index in [9.17, 15) is 8.42 Å². The highest BCUT2D eigenvalue weighted by molar-refractivity contribution is 7.89. The molecule has 0 bridgehead atoms. The van der Waals surface area contributed by atoms with Gasteiger partial charge in [0.15, 0.2) is 0 Å². The first-order chi connectivity index (χ1) is 9.40. The number of sulfonamides is 1. The minimum absolute atomic E-state index is 0.104. The summed E-state index contributed by atoms with van der Waals surface area (Å²) < 4.78 is 27.0. The largest absolute Gasteiger partial charge is 0.313 e. The van der Waals surface area contributed by atoms with Gasteiger partial charge in [-0.3, -0.25) is 0 Å². The number of benzene rings is 1. The predicted octanol–water partition coefficient (Wildman–Crippen LogP) is 2.44. The fraction of sp³-hybridized carbons (Fsp3) is 0.600. The third kappa shape index (κ3) is 4.89. The monoisotopic (exact) mass is 298 g/mol. The van der Waals surface area contributed by atoms with Gasteiger partial charge in [-0.1, -0.05) is 19.9 Å². The molecule has 0 spiro atoms. The molecule has 0 atom stereocenters. The summed E-state index contributed by atoms with van der Waals surface area (Å²) in [5.41, 5.74) is 2.25. The summed E-state index contributed by atoms with van der Waals surface area (Å²) in [6, 6.07) is 5.28. The van der Waals surface area contributed by atoms with Gasteiger partial charge < -0.3 is 5.32 Å². The van der Waals surface area contributed by atoms with E-state index in [2.05, 4.69) is 23.9 Å². The number of rotatable bonds is 8. The van der Waals surface area contributed by atoms with Crippen LogP contribution in [0.3, 0.4) is 0 Å². The van der Waals surface area contributed by atoms with E-state index in [1.165, 1.54) is 5.56 Å². The van der Waals surface area contributed by atoms with E-state index in [0.717, 1.165) is 24.9 Å². The molecule has 20 heavy (non-hydrogen) atoms. The highest BCUT2D eigenvalue weighted by atomic mass is 32.2. The number of aryl methyl sites for hydroxylation is 1. The van der Waals surface area contributed by atoms with Crippen molar-refractivity contribution in [1.29, 1.82) is 0 Å². The van der Waals surface area contributed by atoms with Crippen LogP contribution < -0.4 is 10.0 Å². The van der Waals surface area contributed by atoms with E-state index in [1.807, 2.05) is 19.9 Å². The Bertz CT molecular complexity index is 525. The van der Waals surface area contributed by atoms with Gasteiger partial charge in [0.2, 0.25) is 10.0 Å². The standard InChI is InChI=1S/C15H26N2O2S/c1-5-9-16-11-14-10-15(8-7-13(14)6-2)20(18,19)17-12(3)4/h7-8,10,12,16-17H,5-6,9,11H2,1-4H3. The fourth-order valence-electron chi connectivity index (χ4n) is 2.06. The molecule has 0 amide bonds. The summed E-state index contributed by atoms with van der Waals surface area (Å²) in [4.78, 5) is 0.344. The Morgan fingerprint density at radius 3 is 2.40 bits per heavy atom. The molecule has 0 heterocycles. The van der Waals surface area contributed by atoms with E-state index >= 15 is 0 Å². The Balaban J connectivity index is 3.02. The first-order valence-electron chi connectivity index (χ1n) is 7.25. The van der Waals surface area contributed by atoms with Crippen molar-refractivity contribution in [3.8, 4) is 0 Å². The van der Waals surface area contributed by atoms with E-state index in [-0.39, 0.29) is 6.04 Å². The second-order valence-corrected chi connectivity index (χ2v) is 6.95. The van der Waals surface area contributed by atoms with Crippen LogP contribution in [0.1, 0.15) is 45.2 Å². The third-order valence-electron chi connectivity index (χ3n) is 3.00. The Morgan fingerprint density at radius 2 is 1.85 bits per heavy atom. The van der Waals surface area contributed by atoms with Gasteiger partial charge in [0, 0.05) is 12.6 Å². The molecule has 1 rings (SSSR count). The van der Waals surface area contributed by atoms with Gasteiger partial charge in [-0.25, -0.2) is 13.1 Å². The zero-order chi connectivity index (χ0) is 15.2. The summed E-state index contributed by atoms with van der Waals surface area (Å²) in [6.45, 7) is 9.48. The molecule has 0 aliphatic carbocycles. The Morgan fingerprint density at radius 1 is 1.15 bits per heavy atom. The van der Waals surface area contributed by atoms with E-state index in [4.69, 9.17) is 0 Å². The normalized spacial score (nSPS) is 12.1. The van der Waals surface area contributed by atoms with Crippen molar-refractivity contribution in [1.82, 2.24) is 10.0 Å². The maximum absolute atomic E-state index is 12.2. The molecule has 0 saturated heterocycles. The van der Waals surface area contributed by atoms with Gasteiger partial charge in [-0.05, 0) is 56.5 Å². The molecule has 0 radical (unpaired) electrons. The van der Waals surface area contributed by atoms with Crippen LogP contribution in [0.25, 0.3) is 0 Å². The quantitative estimate of drug-likeness (QED) is 0.725. The van der Waals surface area contributed by atoms with Crippen molar-refractivity contribution in [3.63, 3.8) is 0 Å².